The van der Waals surface area contributed by atoms with Gasteiger partial charge in [0, 0.05) is 38.4 Å². The van der Waals surface area contributed by atoms with Gasteiger partial charge in [-0.05, 0) is 39.3 Å². The van der Waals surface area contributed by atoms with E-state index in [9.17, 15) is 9.90 Å². The summed E-state index contributed by atoms with van der Waals surface area (Å²) in [6.07, 6.45) is 6.37. The maximum Gasteiger partial charge on any atom is 0.222 e. The first-order chi connectivity index (χ1) is 12.0. The van der Waals surface area contributed by atoms with Crippen molar-refractivity contribution in [1.29, 1.82) is 0 Å². The number of aliphatic hydroxyl groups is 1. The summed E-state index contributed by atoms with van der Waals surface area (Å²) in [4.78, 5) is 16.8. The van der Waals surface area contributed by atoms with Gasteiger partial charge in [0.15, 0.2) is 0 Å². The Labute approximate surface area is 173 Å². The summed E-state index contributed by atoms with van der Waals surface area (Å²) < 4.78 is 8.00. The van der Waals surface area contributed by atoms with Crippen molar-refractivity contribution in [2.45, 2.75) is 69.7 Å². The van der Waals surface area contributed by atoms with E-state index in [1.54, 1.807) is 6.20 Å². The fraction of sp³-hybridized carbons (Fsp3) is 0.778. The molecule has 7 nitrogen and oxygen atoms in total. The second kappa shape index (κ2) is 10.1. The van der Waals surface area contributed by atoms with E-state index >= 15 is 0 Å². The Kier molecular flexibility index (Phi) is 9.02. The number of amides is 1. The topological polar surface area (TPSA) is 88.4 Å². The van der Waals surface area contributed by atoms with Crippen LogP contribution in [0.4, 0.5) is 0 Å². The molecule has 1 spiro atoms. The average Bonchev–Trinajstić information content (AvgIpc) is 3.06. The summed E-state index contributed by atoms with van der Waals surface area (Å²) >= 11 is 0. The van der Waals surface area contributed by atoms with Crippen molar-refractivity contribution in [1.82, 2.24) is 20.2 Å². The maximum atomic E-state index is 12.5. The van der Waals surface area contributed by atoms with E-state index in [0.29, 0.717) is 26.0 Å². The molecule has 0 bridgehead atoms. The minimum absolute atomic E-state index is 0. The van der Waals surface area contributed by atoms with Crippen LogP contribution in [0, 0.1) is 0 Å². The number of carbonyl (C=O) groups excluding carboxylic acids is 1. The second-order valence-electron chi connectivity index (χ2n) is 7.42. The number of aliphatic hydroxyl groups excluding tert-OH is 1. The van der Waals surface area contributed by atoms with Crippen LogP contribution >= 0.6 is 24.8 Å². The number of carbonyl (C=O) groups is 1. The third kappa shape index (κ3) is 5.15. The van der Waals surface area contributed by atoms with Crippen LogP contribution in [0.5, 0.6) is 0 Å². The highest BCUT2D eigenvalue weighted by atomic mass is 35.5. The molecule has 3 N–H and O–H groups in total. The number of rotatable bonds is 5. The summed E-state index contributed by atoms with van der Waals surface area (Å²) in [5, 5.41) is 17.4. The normalized spacial score (nSPS) is 26.7. The standard InChI is InChI=1S/C18H30N4O3.2ClH/c1-3-14-20-10-12-22(14)11-4-15(23)21-17(2)7-13-25-18(16(17)24)5-8-19-9-6-18;;/h10,12,16,19,24H,3-9,11,13H2,1-2H3,(H,21,23);2*1H/t16-,17+;;/m0../s1. The van der Waals surface area contributed by atoms with Gasteiger partial charge >= 0.3 is 0 Å². The van der Waals surface area contributed by atoms with Crippen molar-refractivity contribution < 1.29 is 14.6 Å². The lowest BCUT2D eigenvalue weighted by Gasteiger charge is -2.52. The molecule has 2 fully saturated rings. The number of imidazole rings is 1. The van der Waals surface area contributed by atoms with Gasteiger partial charge in [0.1, 0.15) is 11.9 Å². The Morgan fingerprint density at radius 1 is 1.41 bits per heavy atom. The molecule has 1 aromatic heterocycles. The third-order valence-electron chi connectivity index (χ3n) is 5.69. The third-order valence-corrected chi connectivity index (χ3v) is 5.69. The van der Waals surface area contributed by atoms with Gasteiger partial charge in [-0.3, -0.25) is 4.79 Å². The predicted octanol–water partition coefficient (Wildman–Crippen LogP) is 1.46. The van der Waals surface area contributed by atoms with E-state index in [0.717, 1.165) is 38.2 Å². The Balaban J connectivity index is 0.00000182. The van der Waals surface area contributed by atoms with E-state index in [1.165, 1.54) is 0 Å². The second-order valence-corrected chi connectivity index (χ2v) is 7.42. The van der Waals surface area contributed by atoms with Crippen LogP contribution in [-0.2, 0) is 22.5 Å². The van der Waals surface area contributed by atoms with Crippen LogP contribution < -0.4 is 10.6 Å². The first kappa shape index (κ1) is 24.2. The maximum absolute atomic E-state index is 12.5. The van der Waals surface area contributed by atoms with Gasteiger partial charge in [0.25, 0.3) is 0 Å². The Morgan fingerprint density at radius 2 is 2.11 bits per heavy atom. The number of hydrogen-bond acceptors (Lipinski definition) is 5. The van der Waals surface area contributed by atoms with Crippen molar-refractivity contribution in [3.05, 3.63) is 18.2 Å². The summed E-state index contributed by atoms with van der Waals surface area (Å²) in [5.74, 6) is 0.946. The lowest BCUT2D eigenvalue weighted by atomic mass is 9.73. The molecule has 0 radical (unpaired) electrons. The number of halogens is 2. The molecule has 0 aromatic carbocycles. The van der Waals surface area contributed by atoms with E-state index < -0.39 is 17.2 Å². The molecule has 156 valence electrons. The number of nitrogens with one attached hydrogen (secondary N) is 2. The lowest BCUT2D eigenvalue weighted by Crippen LogP contribution is -2.69. The van der Waals surface area contributed by atoms with Gasteiger partial charge in [-0.2, -0.15) is 0 Å². The number of ether oxygens (including phenoxy) is 1. The summed E-state index contributed by atoms with van der Waals surface area (Å²) in [6.45, 7) is 6.83. The van der Waals surface area contributed by atoms with Gasteiger partial charge in [-0.25, -0.2) is 4.98 Å². The molecule has 1 aromatic rings. The lowest BCUT2D eigenvalue weighted by molar-refractivity contribution is -0.200. The molecule has 27 heavy (non-hydrogen) atoms. The Bertz CT molecular complexity index is 602. The molecule has 0 aliphatic carbocycles. The molecule has 3 heterocycles. The molecule has 2 atom stereocenters. The minimum Gasteiger partial charge on any atom is -0.388 e. The number of aromatic nitrogens is 2. The zero-order chi connectivity index (χ0) is 17.9. The van der Waals surface area contributed by atoms with Gasteiger partial charge in [-0.1, -0.05) is 6.92 Å². The quantitative estimate of drug-likeness (QED) is 0.668. The number of aryl methyl sites for hydroxylation is 2. The smallest absolute Gasteiger partial charge is 0.222 e. The highest BCUT2D eigenvalue weighted by Crippen LogP contribution is 2.38. The highest BCUT2D eigenvalue weighted by Gasteiger charge is 2.52. The molecular formula is C18H32Cl2N4O3. The van der Waals surface area contributed by atoms with Crippen molar-refractivity contribution in [3.63, 3.8) is 0 Å². The van der Waals surface area contributed by atoms with Crippen LogP contribution in [0.3, 0.4) is 0 Å². The highest BCUT2D eigenvalue weighted by molar-refractivity contribution is 5.85. The van der Waals surface area contributed by atoms with Gasteiger partial charge in [0.05, 0.1) is 11.1 Å². The first-order valence-corrected chi connectivity index (χ1v) is 9.33. The zero-order valence-electron chi connectivity index (χ0n) is 16.1. The van der Waals surface area contributed by atoms with E-state index in [4.69, 9.17) is 4.74 Å². The Hall–Kier alpha value is -0.860. The molecule has 2 aliphatic rings. The Morgan fingerprint density at radius 3 is 2.78 bits per heavy atom. The van der Waals surface area contributed by atoms with Crippen molar-refractivity contribution in [3.8, 4) is 0 Å². The molecule has 1 amide bonds. The van der Waals surface area contributed by atoms with E-state index in [-0.39, 0.29) is 30.7 Å². The van der Waals surface area contributed by atoms with Crippen LogP contribution in [0.1, 0.15) is 45.4 Å². The summed E-state index contributed by atoms with van der Waals surface area (Å²) in [6, 6.07) is 0. The molecular weight excluding hydrogens is 391 g/mol. The molecule has 2 aliphatic heterocycles. The number of nitrogens with zero attached hydrogens (tertiary/aromatic N) is 2. The summed E-state index contributed by atoms with van der Waals surface area (Å²) in [7, 11) is 0. The molecule has 0 saturated carbocycles. The van der Waals surface area contributed by atoms with E-state index in [1.807, 2.05) is 17.7 Å². The largest absolute Gasteiger partial charge is 0.388 e. The van der Waals surface area contributed by atoms with Gasteiger partial charge in [-0.15, -0.1) is 24.8 Å². The summed E-state index contributed by atoms with van der Waals surface area (Å²) in [5.41, 5.74) is -1.18. The molecule has 2 saturated heterocycles. The van der Waals surface area contributed by atoms with Crippen molar-refractivity contribution >= 4 is 30.7 Å². The monoisotopic (exact) mass is 422 g/mol. The van der Waals surface area contributed by atoms with E-state index in [2.05, 4.69) is 22.5 Å². The van der Waals surface area contributed by atoms with Crippen LogP contribution in [0.2, 0.25) is 0 Å². The molecule has 9 heteroatoms. The zero-order valence-corrected chi connectivity index (χ0v) is 17.7. The SMILES string of the molecule is CCc1nccn1CCC(=O)N[C@]1(C)CCOC2(CCNCC2)[C@H]1O.Cl.Cl. The number of piperidine rings is 1. The fourth-order valence-electron chi connectivity index (χ4n) is 4.12. The van der Waals surface area contributed by atoms with Crippen LogP contribution in [0.15, 0.2) is 12.4 Å². The molecule has 0 unspecified atom stereocenters. The van der Waals surface area contributed by atoms with Crippen LogP contribution in [-0.4, -0.2) is 57.5 Å². The fourth-order valence-corrected chi connectivity index (χ4v) is 4.12. The molecule has 3 rings (SSSR count). The van der Waals surface area contributed by atoms with Crippen molar-refractivity contribution in [2.75, 3.05) is 19.7 Å². The predicted molar refractivity (Wildman–Crippen MR) is 109 cm³/mol. The first-order valence-electron chi connectivity index (χ1n) is 9.33. The average molecular weight is 423 g/mol. The minimum atomic E-state index is -0.695. The van der Waals surface area contributed by atoms with Crippen molar-refractivity contribution in [2.24, 2.45) is 0 Å². The van der Waals surface area contributed by atoms with Gasteiger partial charge < -0.3 is 25.0 Å². The van der Waals surface area contributed by atoms with Crippen LogP contribution in [0.25, 0.3) is 0 Å². The van der Waals surface area contributed by atoms with Gasteiger partial charge in [0.2, 0.25) is 5.91 Å². The number of hydrogen-bond donors (Lipinski definition) is 3.